The first-order valence-electron chi connectivity index (χ1n) is 6.50. The number of ether oxygens (including phenoxy) is 1. The number of aliphatic hydroxyl groups excluding tert-OH is 1. The lowest BCUT2D eigenvalue weighted by Gasteiger charge is -2.12. The number of aliphatic hydroxyl groups is 1. The van der Waals surface area contributed by atoms with Crippen molar-refractivity contribution in [1.82, 2.24) is 15.5 Å². The fraction of sp³-hybridized carbons (Fsp3) is 0.429. The Morgan fingerprint density at radius 2 is 2.15 bits per heavy atom. The highest BCUT2D eigenvalue weighted by Crippen LogP contribution is 2.06. The zero-order valence-electron chi connectivity index (χ0n) is 11.5. The lowest BCUT2D eigenvalue weighted by molar-refractivity contribution is 0.126. The number of aromatic nitrogens is 2. The van der Waals surface area contributed by atoms with E-state index in [4.69, 9.17) is 14.4 Å². The van der Waals surface area contributed by atoms with Crippen molar-refractivity contribution in [2.75, 3.05) is 20.3 Å². The number of methoxy groups -OCH3 is 1. The van der Waals surface area contributed by atoms with Crippen molar-refractivity contribution in [2.24, 2.45) is 0 Å². The molecule has 1 aromatic carbocycles. The molecule has 2 rings (SSSR count). The normalized spacial score (nSPS) is 12.5. The average molecular weight is 277 g/mol. The topological polar surface area (TPSA) is 80.4 Å². The molecule has 108 valence electrons. The molecule has 0 aliphatic carbocycles. The number of rotatable bonds is 8. The van der Waals surface area contributed by atoms with Crippen LogP contribution < -0.4 is 5.32 Å². The lowest BCUT2D eigenvalue weighted by atomic mass is 10.1. The fourth-order valence-corrected chi connectivity index (χ4v) is 1.82. The first-order valence-corrected chi connectivity index (χ1v) is 6.50. The minimum atomic E-state index is -0.135. The first-order chi connectivity index (χ1) is 9.81. The van der Waals surface area contributed by atoms with Crippen molar-refractivity contribution in [1.29, 1.82) is 0 Å². The molecule has 0 spiro atoms. The molecule has 1 unspecified atom stereocenters. The predicted molar refractivity (Wildman–Crippen MR) is 73.1 cm³/mol. The van der Waals surface area contributed by atoms with Crippen LogP contribution in [-0.2, 0) is 17.7 Å². The summed E-state index contributed by atoms with van der Waals surface area (Å²) in [5, 5.41) is 16.2. The molecule has 0 radical (unpaired) electrons. The van der Waals surface area contributed by atoms with Gasteiger partial charge < -0.3 is 19.7 Å². The number of hydrogen-bond acceptors (Lipinski definition) is 6. The molecule has 2 aromatic rings. The maximum atomic E-state index is 9.13. The van der Waals surface area contributed by atoms with Crippen LogP contribution in [0, 0.1) is 0 Å². The predicted octanol–water partition coefficient (Wildman–Crippen LogP) is 0.757. The van der Waals surface area contributed by atoms with E-state index in [0.717, 1.165) is 5.56 Å². The van der Waals surface area contributed by atoms with Crippen molar-refractivity contribution >= 4 is 0 Å². The molecular weight excluding hydrogens is 258 g/mol. The minimum absolute atomic E-state index is 0.00114. The summed E-state index contributed by atoms with van der Waals surface area (Å²) < 4.78 is 10.1. The molecular formula is C14H19N3O3. The Kier molecular flexibility index (Phi) is 5.67. The van der Waals surface area contributed by atoms with Crippen LogP contribution in [-0.4, -0.2) is 41.6 Å². The average Bonchev–Trinajstić information content (AvgIpc) is 2.92. The van der Waals surface area contributed by atoms with Gasteiger partial charge >= 0.3 is 0 Å². The van der Waals surface area contributed by atoms with E-state index in [1.54, 1.807) is 7.11 Å². The molecule has 20 heavy (non-hydrogen) atoms. The van der Waals surface area contributed by atoms with E-state index in [1.807, 2.05) is 30.3 Å². The van der Waals surface area contributed by atoms with E-state index >= 15 is 0 Å². The van der Waals surface area contributed by atoms with Gasteiger partial charge in [-0.1, -0.05) is 35.5 Å². The van der Waals surface area contributed by atoms with Gasteiger partial charge in [-0.25, -0.2) is 0 Å². The maximum Gasteiger partial charge on any atom is 0.240 e. The summed E-state index contributed by atoms with van der Waals surface area (Å²) in [5.74, 6) is 1.16. The summed E-state index contributed by atoms with van der Waals surface area (Å²) >= 11 is 0. The smallest absolute Gasteiger partial charge is 0.240 e. The van der Waals surface area contributed by atoms with Crippen molar-refractivity contribution in [3.63, 3.8) is 0 Å². The Labute approximate surface area is 117 Å². The third-order valence-electron chi connectivity index (χ3n) is 2.85. The van der Waals surface area contributed by atoms with Gasteiger partial charge in [0.25, 0.3) is 0 Å². The van der Waals surface area contributed by atoms with Crippen molar-refractivity contribution in [2.45, 2.75) is 19.0 Å². The van der Waals surface area contributed by atoms with Gasteiger partial charge in [-0.3, -0.25) is 0 Å². The van der Waals surface area contributed by atoms with Gasteiger partial charge in [0, 0.05) is 13.5 Å². The molecule has 6 heteroatoms. The first kappa shape index (κ1) is 14.6. The fourth-order valence-electron chi connectivity index (χ4n) is 1.82. The number of nitrogens with zero attached hydrogens (tertiary/aromatic N) is 2. The molecule has 0 saturated heterocycles. The molecule has 1 heterocycles. The summed E-state index contributed by atoms with van der Waals surface area (Å²) in [6.07, 6.45) is 0.645. The minimum Gasteiger partial charge on any atom is -0.395 e. The van der Waals surface area contributed by atoms with Crippen LogP contribution in [0.2, 0.25) is 0 Å². The van der Waals surface area contributed by atoms with Gasteiger partial charge in [-0.05, 0) is 5.56 Å². The molecule has 2 N–H and O–H groups in total. The van der Waals surface area contributed by atoms with Crippen LogP contribution in [0.15, 0.2) is 34.9 Å². The molecule has 1 atom stereocenters. The Morgan fingerprint density at radius 1 is 1.35 bits per heavy atom. The van der Waals surface area contributed by atoms with Crippen LogP contribution >= 0.6 is 0 Å². The third-order valence-corrected chi connectivity index (χ3v) is 2.85. The standard InChI is InChI=1S/C14H19N3O3/c1-19-10-12(9-18)15-8-14-16-13(17-20-14)7-11-5-3-2-4-6-11/h2-6,12,15,18H,7-10H2,1H3. The summed E-state index contributed by atoms with van der Waals surface area (Å²) in [4.78, 5) is 4.31. The Bertz CT molecular complexity index is 501. The monoisotopic (exact) mass is 277 g/mol. The SMILES string of the molecule is COCC(CO)NCc1nc(Cc2ccccc2)no1. The zero-order valence-corrected chi connectivity index (χ0v) is 11.5. The lowest BCUT2D eigenvalue weighted by Crippen LogP contribution is -2.36. The van der Waals surface area contributed by atoms with Crippen LogP contribution in [0.4, 0.5) is 0 Å². The second-order valence-corrected chi connectivity index (χ2v) is 4.48. The number of hydrogen-bond donors (Lipinski definition) is 2. The van der Waals surface area contributed by atoms with Crippen LogP contribution in [0.25, 0.3) is 0 Å². The molecule has 0 fully saturated rings. The van der Waals surface area contributed by atoms with Crippen molar-refractivity contribution in [3.8, 4) is 0 Å². The second-order valence-electron chi connectivity index (χ2n) is 4.48. The van der Waals surface area contributed by atoms with Crippen molar-refractivity contribution in [3.05, 3.63) is 47.6 Å². The largest absolute Gasteiger partial charge is 0.395 e. The highest BCUT2D eigenvalue weighted by molar-refractivity contribution is 5.18. The number of nitrogens with one attached hydrogen (secondary N) is 1. The van der Waals surface area contributed by atoms with Crippen LogP contribution in [0.3, 0.4) is 0 Å². The van der Waals surface area contributed by atoms with E-state index < -0.39 is 0 Å². The summed E-state index contributed by atoms with van der Waals surface area (Å²) in [6, 6.07) is 9.84. The molecule has 0 amide bonds. The molecule has 0 aliphatic heterocycles. The van der Waals surface area contributed by atoms with Gasteiger partial charge in [0.15, 0.2) is 5.82 Å². The van der Waals surface area contributed by atoms with Gasteiger partial charge in [0.05, 0.1) is 25.8 Å². The van der Waals surface area contributed by atoms with E-state index in [2.05, 4.69) is 15.5 Å². The van der Waals surface area contributed by atoms with E-state index in [0.29, 0.717) is 31.3 Å². The summed E-state index contributed by atoms with van der Waals surface area (Å²) in [5.41, 5.74) is 1.14. The van der Waals surface area contributed by atoms with E-state index in [9.17, 15) is 0 Å². The maximum absolute atomic E-state index is 9.13. The Balaban J connectivity index is 1.86. The Hall–Kier alpha value is -1.76. The highest BCUT2D eigenvalue weighted by Gasteiger charge is 2.10. The van der Waals surface area contributed by atoms with Gasteiger partial charge in [0.1, 0.15) is 0 Å². The summed E-state index contributed by atoms with van der Waals surface area (Å²) in [7, 11) is 1.59. The molecule has 1 aromatic heterocycles. The molecule has 6 nitrogen and oxygen atoms in total. The van der Waals surface area contributed by atoms with Crippen molar-refractivity contribution < 1.29 is 14.4 Å². The van der Waals surface area contributed by atoms with Crippen LogP contribution in [0.5, 0.6) is 0 Å². The highest BCUT2D eigenvalue weighted by atomic mass is 16.5. The van der Waals surface area contributed by atoms with E-state index in [1.165, 1.54) is 0 Å². The van der Waals surface area contributed by atoms with E-state index in [-0.39, 0.29) is 12.6 Å². The second kappa shape index (κ2) is 7.74. The molecule has 0 bridgehead atoms. The molecule has 0 saturated carbocycles. The number of benzene rings is 1. The van der Waals surface area contributed by atoms with Gasteiger partial charge in [-0.2, -0.15) is 4.98 Å². The zero-order chi connectivity index (χ0) is 14.2. The van der Waals surface area contributed by atoms with Gasteiger partial charge in [-0.15, -0.1) is 0 Å². The molecule has 0 aliphatic rings. The van der Waals surface area contributed by atoms with Gasteiger partial charge in [0.2, 0.25) is 5.89 Å². The van der Waals surface area contributed by atoms with Crippen LogP contribution in [0.1, 0.15) is 17.3 Å². The summed E-state index contributed by atoms with van der Waals surface area (Å²) in [6.45, 7) is 0.844. The Morgan fingerprint density at radius 3 is 2.85 bits per heavy atom. The third kappa shape index (κ3) is 4.41. The quantitative estimate of drug-likeness (QED) is 0.741.